The van der Waals surface area contributed by atoms with Crippen LogP contribution >= 0.6 is 11.8 Å². The number of aromatic nitrogens is 1. The molecule has 1 amide bonds. The van der Waals surface area contributed by atoms with Crippen molar-refractivity contribution in [2.75, 3.05) is 5.32 Å². The summed E-state index contributed by atoms with van der Waals surface area (Å²) in [7, 11) is 0. The van der Waals surface area contributed by atoms with E-state index in [9.17, 15) is 4.79 Å². The summed E-state index contributed by atoms with van der Waals surface area (Å²) in [5, 5.41) is 4.87. The lowest BCUT2D eigenvalue weighted by Crippen LogP contribution is -2.48. The highest BCUT2D eigenvalue weighted by molar-refractivity contribution is 8.05. The number of nitrogens with one attached hydrogen (secondary N) is 1. The van der Waals surface area contributed by atoms with E-state index < -0.39 is 0 Å². The molecule has 1 saturated heterocycles. The highest BCUT2D eigenvalue weighted by Crippen LogP contribution is 2.43. The summed E-state index contributed by atoms with van der Waals surface area (Å²) in [4.78, 5) is 17.1. The molecule has 1 N–H and O–H groups in total. The summed E-state index contributed by atoms with van der Waals surface area (Å²) in [5.41, 5.74) is 7.03. The number of para-hydroxylation sites is 2. The number of carbonyl (C=O) groups is 1. The highest BCUT2D eigenvalue weighted by atomic mass is 32.2. The maximum atomic E-state index is 14.1. The van der Waals surface area contributed by atoms with E-state index in [4.69, 9.17) is 0 Å². The molecular weight excluding hydrogens is 498 g/mol. The summed E-state index contributed by atoms with van der Waals surface area (Å²) in [6.07, 6.45) is 6.85. The number of anilines is 1. The molecule has 6 rings (SSSR count). The summed E-state index contributed by atoms with van der Waals surface area (Å²) in [6, 6.07) is 27.8. The number of rotatable bonds is 6. The number of thioether (sulfide) groups is 1. The summed E-state index contributed by atoms with van der Waals surface area (Å²) < 4.78 is 2.39. The number of hydrogen-bond donors (Lipinski definition) is 1. The van der Waals surface area contributed by atoms with Crippen LogP contribution in [0.3, 0.4) is 0 Å². The van der Waals surface area contributed by atoms with Gasteiger partial charge >= 0.3 is 0 Å². The maximum Gasteiger partial charge on any atom is 0.262 e. The normalized spacial score (nSPS) is 22.6. The minimum Gasteiger partial charge on any atom is -0.356 e. The second kappa shape index (κ2) is 11.0. The molecule has 1 saturated carbocycles. The first-order valence-electron chi connectivity index (χ1n) is 14.2. The fourth-order valence-corrected chi connectivity index (χ4v) is 7.53. The minimum atomic E-state index is -0.113. The zero-order valence-electron chi connectivity index (χ0n) is 23.1. The van der Waals surface area contributed by atoms with Crippen molar-refractivity contribution in [3.8, 4) is 0 Å². The first-order chi connectivity index (χ1) is 19.0. The van der Waals surface area contributed by atoms with Gasteiger partial charge in [0, 0.05) is 40.4 Å². The van der Waals surface area contributed by atoms with Crippen LogP contribution in [0.15, 0.2) is 83.8 Å². The lowest BCUT2D eigenvalue weighted by atomic mass is 9.85. The average molecular weight is 536 g/mol. The molecule has 1 aromatic heterocycles. The first-order valence-corrected chi connectivity index (χ1v) is 15.0. The van der Waals surface area contributed by atoms with Gasteiger partial charge in [-0.25, -0.2) is 0 Å². The highest BCUT2D eigenvalue weighted by Gasteiger charge is 2.43. The van der Waals surface area contributed by atoms with Gasteiger partial charge in [0.2, 0.25) is 0 Å². The Kier molecular flexibility index (Phi) is 7.26. The van der Waals surface area contributed by atoms with Crippen molar-refractivity contribution in [3.63, 3.8) is 0 Å². The molecule has 200 valence electrons. The largest absolute Gasteiger partial charge is 0.356 e. The molecule has 4 aromatic rings. The van der Waals surface area contributed by atoms with Gasteiger partial charge in [0.1, 0.15) is 0 Å². The molecule has 1 aliphatic carbocycles. The predicted molar refractivity (Wildman–Crippen MR) is 165 cm³/mol. The van der Waals surface area contributed by atoms with E-state index in [2.05, 4.69) is 102 Å². The standard InChI is InChI=1S/C34H37N3OS/c1-23-12-11-14-26(20-23)22-36-25(3)29(28-17-8-10-19-31(28)36)21-32-33(38)37(30-18-9-7-13-24(30)2)34(39-32)35-27-15-5-4-6-16-27/h4-6,8,10-12,14-17,19-21,24,30,34-35H,7,9,13,18,22H2,1-3H3/b32-21-/t24-,30+,34?/m1/s1. The average Bonchev–Trinajstić information content (AvgIpc) is 3.38. The Balaban J connectivity index is 1.39. The monoisotopic (exact) mass is 535 g/mol. The van der Waals surface area contributed by atoms with Crippen molar-refractivity contribution in [2.45, 2.75) is 64.5 Å². The topological polar surface area (TPSA) is 37.3 Å². The van der Waals surface area contributed by atoms with Crippen LogP contribution in [0.25, 0.3) is 17.0 Å². The van der Waals surface area contributed by atoms with E-state index in [-0.39, 0.29) is 17.4 Å². The van der Waals surface area contributed by atoms with E-state index in [0.717, 1.165) is 29.1 Å². The van der Waals surface area contributed by atoms with Crippen LogP contribution < -0.4 is 5.32 Å². The van der Waals surface area contributed by atoms with Crippen LogP contribution in [0.5, 0.6) is 0 Å². The Morgan fingerprint density at radius 3 is 2.51 bits per heavy atom. The van der Waals surface area contributed by atoms with Gasteiger partial charge in [0.15, 0.2) is 5.50 Å². The van der Waals surface area contributed by atoms with Crippen molar-refractivity contribution in [1.82, 2.24) is 9.47 Å². The number of nitrogens with zero attached hydrogens (tertiary/aromatic N) is 2. The van der Waals surface area contributed by atoms with Gasteiger partial charge in [-0.3, -0.25) is 4.79 Å². The van der Waals surface area contributed by atoms with Gasteiger partial charge in [0.25, 0.3) is 5.91 Å². The van der Waals surface area contributed by atoms with Crippen LogP contribution in [0.1, 0.15) is 55.0 Å². The Hall–Kier alpha value is -3.44. The van der Waals surface area contributed by atoms with E-state index >= 15 is 0 Å². The van der Waals surface area contributed by atoms with Crippen LogP contribution in [0.4, 0.5) is 5.69 Å². The Bertz CT molecular complexity index is 1520. The van der Waals surface area contributed by atoms with E-state index in [1.165, 1.54) is 47.0 Å². The SMILES string of the molecule is Cc1cccc(Cn2c(C)c(/C=C3\SC(Nc4ccccc4)N([C@H]4CCCC[C@H]4C)C3=O)c3ccccc32)c1. The lowest BCUT2D eigenvalue weighted by molar-refractivity contribution is -0.129. The molecule has 5 heteroatoms. The molecule has 2 fully saturated rings. The number of carbonyl (C=O) groups excluding carboxylic acids is 1. The molecule has 39 heavy (non-hydrogen) atoms. The van der Waals surface area contributed by atoms with Crippen LogP contribution in [0.2, 0.25) is 0 Å². The molecule has 4 nitrogen and oxygen atoms in total. The molecule has 1 aliphatic heterocycles. The minimum absolute atomic E-state index is 0.113. The fraction of sp³-hybridized carbons (Fsp3) is 0.324. The quantitative estimate of drug-likeness (QED) is 0.253. The molecular formula is C34H37N3OS. The van der Waals surface area contributed by atoms with Crippen molar-refractivity contribution >= 4 is 40.3 Å². The number of aryl methyl sites for hydroxylation is 1. The summed E-state index contributed by atoms with van der Waals surface area (Å²) >= 11 is 1.66. The van der Waals surface area contributed by atoms with Crippen molar-refractivity contribution in [2.24, 2.45) is 5.92 Å². The second-order valence-corrected chi connectivity index (χ2v) is 12.2. The number of hydrogen-bond acceptors (Lipinski definition) is 3. The van der Waals surface area contributed by atoms with Crippen molar-refractivity contribution < 1.29 is 4.79 Å². The molecule has 0 bridgehead atoms. The van der Waals surface area contributed by atoms with E-state index in [0.29, 0.717) is 5.92 Å². The fourth-order valence-electron chi connectivity index (χ4n) is 6.34. The maximum absolute atomic E-state index is 14.1. The Labute approximate surface area is 236 Å². The third kappa shape index (κ3) is 5.12. The van der Waals surface area contributed by atoms with Gasteiger partial charge in [-0.1, -0.05) is 97.8 Å². The molecule has 0 spiro atoms. The van der Waals surface area contributed by atoms with Gasteiger partial charge in [-0.2, -0.15) is 0 Å². The van der Waals surface area contributed by atoms with Crippen molar-refractivity contribution in [1.29, 1.82) is 0 Å². The van der Waals surface area contributed by atoms with Crippen molar-refractivity contribution in [3.05, 3.63) is 106 Å². The number of benzene rings is 3. The van der Waals surface area contributed by atoms with E-state index in [1.54, 1.807) is 11.8 Å². The lowest BCUT2D eigenvalue weighted by Gasteiger charge is -2.39. The van der Waals surface area contributed by atoms with Gasteiger partial charge in [0.05, 0.1) is 4.91 Å². The molecule has 1 unspecified atom stereocenters. The summed E-state index contributed by atoms with van der Waals surface area (Å²) in [5.74, 6) is 0.655. The third-order valence-corrected chi connectivity index (χ3v) is 9.52. The summed E-state index contributed by atoms with van der Waals surface area (Å²) in [6.45, 7) is 7.45. The van der Waals surface area contributed by atoms with Crippen LogP contribution in [0, 0.1) is 19.8 Å². The second-order valence-electron chi connectivity index (χ2n) is 11.1. The van der Waals surface area contributed by atoms with Gasteiger partial charge in [-0.05, 0) is 62.4 Å². The molecule has 0 radical (unpaired) electrons. The van der Waals surface area contributed by atoms with Crippen LogP contribution in [-0.4, -0.2) is 26.9 Å². The Morgan fingerprint density at radius 1 is 0.949 bits per heavy atom. The van der Waals surface area contributed by atoms with E-state index in [1.807, 2.05) is 18.2 Å². The third-order valence-electron chi connectivity index (χ3n) is 8.40. The first kappa shape index (κ1) is 25.8. The number of amides is 1. The molecule has 2 aliphatic rings. The Morgan fingerprint density at radius 2 is 1.72 bits per heavy atom. The van der Waals surface area contributed by atoms with Gasteiger partial charge < -0.3 is 14.8 Å². The zero-order chi connectivity index (χ0) is 26.9. The predicted octanol–water partition coefficient (Wildman–Crippen LogP) is 8.20. The molecule has 3 aromatic carbocycles. The molecule has 2 heterocycles. The van der Waals surface area contributed by atoms with Gasteiger partial charge in [-0.15, -0.1) is 0 Å². The van der Waals surface area contributed by atoms with Crippen LogP contribution in [-0.2, 0) is 11.3 Å². The smallest absolute Gasteiger partial charge is 0.262 e. The zero-order valence-corrected chi connectivity index (χ0v) is 23.9. The molecule has 3 atom stereocenters. The number of fused-ring (bicyclic) bond motifs is 1.